The van der Waals surface area contributed by atoms with Gasteiger partial charge in [0.05, 0.1) is 12.6 Å². The lowest BCUT2D eigenvalue weighted by Crippen LogP contribution is -2.42. The average molecular weight is 228 g/mol. The molecule has 15 heavy (non-hydrogen) atoms. The van der Waals surface area contributed by atoms with Gasteiger partial charge in [0, 0.05) is 11.9 Å². The van der Waals surface area contributed by atoms with E-state index >= 15 is 0 Å². The van der Waals surface area contributed by atoms with Crippen molar-refractivity contribution in [3.63, 3.8) is 0 Å². The molecule has 1 amide bonds. The molecular formula is C10H16N2O2S. The Morgan fingerprint density at radius 1 is 1.73 bits per heavy atom. The molecule has 1 aromatic rings. The molecule has 0 spiro atoms. The number of nitrogens with two attached hydrogens (primary N) is 1. The lowest BCUT2D eigenvalue weighted by atomic mass is 10.2. The molecule has 2 atom stereocenters. The van der Waals surface area contributed by atoms with E-state index in [0.717, 1.165) is 4.88 Å². The van der Waals surface area contributed by atoms with Crippen molar-refractivity contribution in [2.24, 2.45) is 5.73 Å². The van der Waals surface area contributed by atoms with Crippen molar-refractivity contribution in [1.29, 1.82) is 0 Å². The van der Waals surface area contributed by atoms with Crippen molar-refractivity contribution < 1.29 is 9.90 Å². The van der Waals surface area contributed by atoms with E-state index in [2.05, 4.69) is 0 Å². The van der Waals surface area contributed by atoms with Crippen LogP contribution in [0.15, 0.2) is 17.5 Å². The maximum atomic E-state index is 11.8. The molecule has 0 aliphatic rings. The third-order valence-electron chi connectivity index (χ3n) is 2.39. The topological polar surface area (TPSA) is 66.6 Å². The van der Waals surface area contributed by atoms with Gasteiger partial charge in [0.2, 0.25) is 5.91 Å². The smallest absolute Gasteiger partial charge is 0.244 e. The first-order valence-electron chi connectivity index (χ1n) is 4.74. The van der Waals surface area contributed by atoms with Crippen molar-refractivity contribution in [3.05, 3.63) is 22.4 Å². The Morgan fingerprint density at radius 3 is 2.87 bits per heavy atom. The van der Waals surface area contributed by atoms with Gasteiger partial charge in [0.15, 0.2) is 0 Å². The van der Waals surface area contributed by atoms with Crippen LogP contribution >= 0.6 is 11.3 Å². The van der Waals surface area contributed by atoms with Gasteiger partial charge >= 0.3 is 0 Å². The summed E-state index contributed by atoms with van der Waals surface area (Å²) in [6.45, 7) is 1.72. The van der Waals surface area contributed by atoms with Gasteiger partial charge < -0.3 is 15.7 Å². The molecule has 0 aromatic carbocycles. The first kappa shape index (κ1) is 12.2. The molecule has 1 rings (SSSR count). The van der Waals surface area contributed by atoms with E-state index in [9.17, 15) is 4.79 Å². The number of aliphatic hydroxyl groups excluding tert-OH is 1. The largest absolute Gasteiger partial charge is 0.394 e. The molecular weight excluding hydrogens is 212 g/mol. The number of nitrogens with zero attached hydrogens (tertiary/aromatic N) is 1. The number of hydrogen-bond acceptors (Lipinski definition) is 4. The third-order valence-corrected chi connectivity index (χ3v) is 3.34. The molecule has 0 saturated carbocycles. The van der Waals surface area contributed by atoms with Crippen LogP contribution in [0.5, 0.6) is 0 Å². The van der Waals surface area contributed by atoms with Crippen LogP contribution in [0.4, 0.5) is 0 Å². The standard InChI is InChI=1S/C10H16N2O2S/c1-7(6-13)12(2)10(14)9(11)8-4-3-5-15-8/h3-5,7,9,13H,6,11H2,1-2H3. The molecule has 0 radical (unpaired) electrons. The fraction of sp³-hybridized carbons (Fsp3) is 0.500. The summed E-state index contributed by atoms with van der Waals surface area (Å²) in [7, 11) is 1.65. The summed E-state index contributed by atoms with van der Waals surface area (Å²) in [4.78, 5) is 14.2. The number of carbonyl (C=O) groups excluding carboxylic acids is 1. The summed E-state index contributed by atoms with van der Waals surface area (Å²) in [5.74, 6) is -0.168. The summed E-state index contributed by atoms with van der Waals surface area (Å²) in [6, 6.07) is 2.88. The summed E-state index contributed by atoms with van der Waals surface area (Å²) in [5.41, 5.74) is 5.81. The molecule has 0 bridgehead atoms. The molecule has 2 unspecified atom stereocenters. The number of thiophene rings is 1. The zero-order valence-electron chi connectivity index (χ0n) is 8.88. The van der Waals surface area contributed by atoms with Gasteiger partial charge in [-0.05, 0) is 18.4 Å². The molecule has 0 aliphatic heterocycles. The molecule has 0 aliphatic carbocycles. The van der Waals surface area contributed by atoms with E-state index in [4.69, 9.17) is 10.8 Å². The van der Waals surface area contributed by atoms with E-state index in [1.165, 1.54) is 16.2 Å². The van der Waals surface area contributed by atoms with E-state index in [1.54, 1.807) is 14.0 Å². The highest BCUT2D eigenvalue weighted by Gasteiger charge is 2.23. The Kier molecular flexibility index (Phi) is 4.26. The van der Waals surface area contributed by atoms with Gasteiger partial charge in [-0.2, -0.15) is 0 Å². The molecule has 4 nitrogen and oxygen atoms in total. The second-order valence-electron chi connectivity index (χ2n) is 3.47. The maximum Gasteiger partial charge on any atom is 0.244 e. The molecule has 0 saturated heterocycles. The fourth-order valence-electron chi connectivity index (χ4n) is 1.15. The Morgan fingerprint density at radius 2 is 2.40 bits per heavy atom. The molecule has 3 N–H and O–H groups in total. The van der Waals surface area contributed by atoms with Crippen molar-refractivity contribution >= 4 is 17.2 Å². The van der Waals surface area contributed by atoms with Crippen LogP contribution in [-0.2, 0) is 4.79 Å². The third kappa shape index (κ3) is 2.77. The second kappa shape index (κ2) is 5.25. The molecule has 1 aromatic heterocycles. The van der Waals surface area contributed by atoms with Gasteiger partial charge in [-0.1, -0.05) is 6.07 Å². The number of aliphatic hydroxyl groups is 1. The zero-order chi connectivity index (χ0) is 11.4. The van der Waals surface area contributed by atoms with Crippen molar-refractivity contribution in [2.45, 2.75) is 19.0 Å². The lowest BCUT2D eigenvalue weighted by Gasteiger charge is -2.25. The SMILES string of the molecule is CC(CO)N(C)C(=O)C(N)c1cccs1. The minimum atomic E-state index is -0.621. The second-order valence-corrected chi connectivity index (χ2v) is 4.45. The first-order valence-corrected chi connectivity index (χ1v) is 5.62. The van der Waals surface area contributed by atoms with Crippen molar-refractivity contribution in [3.8, 4) is 0 Å². The molecule has 0 fully saturated rings. The fourth-order valence-corrected chi connectivity index (χ4v) is 1.87. The summed E-state index contributed by atoms with van der Waals surface area (Å²) >= 11 is 1.46. The van der Waals surface area contributed by atoms with Gasteiger partial charge in [-0.3, -0.25) is 4.79 Å². The van der Waals surface area contributed by atoms with Crippen LogP contribution in [0, 0.1) is 0 Å². The quantitative estimate of drug-likeness (QED) is 0.792. The van der Waals surface area contributed by atoms with Crippen molar-refractivity contribution in [2.75, 3.05) is 13.7 Å². The minimum Gasteiger partial charge on any atom is -0.394 e. The van der Waals surface area contributed by atoms with Crippen LogP contribution in [0.2, 0.25) is 0 Å². The predicted molar refractivity (Wildman–Crippen MR) is 60.6 cm³/mol. The van der Waals surface area contributed by atoms with E-state index in [1.807, 2.05) is 17.5 Å². The van der Waals surface area contributed by atoms with Gasteiger partial charge in [0.1, 0.15) is 6.04 Å². The Labute approximate surface area is 93.3 Å². The Balaban J connectivity index is 2.68. The normalized spacial score (nSPS) is 14.7. The van der Waals surface area contributed by atoms with E-state index in [-0.39, 0.29) is 18.6 Å². The van der Waals surface area contributed by atoms with Gasteiger partial charge in [-0.15, -0.1) is 11.3 Å². The summed E-state index contributed by atoms with van der Waals surface area (Å²) in [5, 5.41) is 10.8. The van der Waals surface area contributed by atoms with E-state index < -0.39 is 6.04 Å². The number of amides is 1. The summed E-state index contributed by atoms with van der Waals surface area (Å²) in [6.07, 6.45) is 0. The highest BCUT2D eigenvalue weighted by atomic mass is 32.1. The highest BCUT2D eigenvalue weighted by molar-refractivity contribution is 7.10. The highest BCUT2D eigenvalue weighted by Crippen LogP contribution is 2.18. The molecule has 84 valence electrons. The van der Waals surface area contributed by atoms with Crippen LogP contribution in [0.25, 0.3) is 0 Å². The molecule has 5 heteroatoms. The van der Waals surface area contributed by atoms with Gasteiger partial charge in [0.25, 0.3) is 0 Å². The van der Waals surface area contributed by atoms with Crippen LogP contribution in [0.3, 0.4) is 0 Å². The average Bonchev–Trinajstić information content (AvgIpc) is 2.78. The van der Waals surface area contributed by atoms with Crippen molar-refractivity contribution in [1.82, 2.24) is 4.90 Å². The lowest BCUT2D eigenvalue weighted by molar-refractivity contribution is -0.133. The molecule has 1 heterocycles. The minimum absolute atomic E-state index is 0.0562. The number of hydrogen-bond donors (Lipinski definition) is 2. The number of carbonyl (C=O) groups is 1. The van der Waals surface area contributed by atoms with Crippen LogP contribution < -0.4 is 5.73 Å². The van der Waals surface area contributed by atoms with Crippen LogP contribution in [0.1, 0.15) is 17.8 Å². The first-order chi connectivity index (χ1) is 7.07. The predicted octanol–water partition coefficient (Wildman–Crippen LogP) is 0.587. The van der Waals surface area contributed by atoms with Crippen LogP contribution in [-0.4, -0.2) is 35.6 Å². The zero-order valence-corrected chi connectivity index (χ0v) is 9.70. The monoisotopic (exact) mass is 228 g/mol. The number of likely N-dealkylation sites (N-methyl/N-ethyl adjacent to an activating group) is 1. The number of rotatable bonds is 4. The Hall–Kier alpha value is -0.910. The summed E-state index contributed by atoms with van der Waals surface area (Å²) < 4.78 is 0. The Bertz CT molecular complexity index is 313. The van der Waals surface area contributed by atoms with Gasteiger partial charge in [-0.25, -0.2) is 0 Å². The van der Waals surface area contributed by atoms with E-state index in [0.29, 0.717) is 0 Å². The maximum absolute atomic E-state index is 11.8.